The van der Waals surface area contributed by atoms with Crippen LogP contribution in [0.4, 0.5) is 0 Å². The molecule has 0 radical (unpaired) electrons. The average molecular weight is 291 g/mol. The van der Waals surface area contributed by atoms with Crippen LogP contribution in [0.1, 0.15) is 29.3 Å². The van der Waals surface area contributed by atoms with E-state index in [1.807, 2.05) is 0 Å². The third kappa shape index (κ3) is 3.33. The Kier molecular flexibility index (Phi) is 4.80. The normalized spacial score (nSPS) is 23.1. The summed E-state index contributed by atoms with van der Waals surface area (Å²) in [6.07, 6.45) is 0.986. The van der Waals surface area contributed by atoms with Crippen LogP contribution >= 0.6 is 0 Å². The molecule has 6 nitrogen and oxygen atoms in total. The summed E-state index contributed by atoms with van der Waals surface area (Å²) in [6.45, 7) is 3.44. The Morgan fingerprint density at radius 1 is 1.48 bits per heavy atom. The summed E-state index contributed by atoms with van der Waals surface area (Å²) in [5.41, 5.74) is 6.61. The van der Waals surface area contributed by atoms with Gasteiger partial charge in [-0.25, -0.2) is 0 Å². The lowest BCUT2D eigenvalue weighted by atomic mass is 9.95. The minimum absolute atomic E-state index is 0.00770. The molecule has 1 heterocycles. The average Bonchev–Trinajstić information content (AvgIpc) is 2.54. The molecule has 21 heavy (non-hydrogen) atoms. The predicted octanol–water partition coefficient (Wildman–Crippen LogP) is 1.28. The lowest BCUT2D eigenvalue weighted by molar-refractivity contribution is -0.00156. The Balaban J connectivity index is 2.17. The first-order valence-electron chi connectivity index (χ1n) is 6.96. The maximum Gasteiger partial charge on any atom is 0.253 e. The third-order valence-corrected chi connectivity index (χ3v) is 3.99. The van der Waals surface area contributed by atoms with Crippen molar-refractivity contribution in [3.8, 4) is 0 Å². The number of piperidine rings is 1. The smallest absolute Gasteiger partial charge is 0.253 e. The van der Waals surface area contributed by atoms with Crippen LogP contribution in [0.2, 0.25) is 0 Å². The van der Waals surface area contributed by atoms with Gasteiger partial charge < -0.3 is 20.6 Å². The van der Waals surface area contributed by atoms with E-state index in [0.29, 0.717) is 30.1 Å². The Labute approximate surface area is 124 Å². The molecule has 1 aromatic carbocycles. The molecule has 1 fully saturated rings. The highest BCUT2D eigenvalue weighted by Gasteiger charge is 2.29. The SMILES string of the molecule is COC1CN(C(=O)c2cccc(/C(N)=N/O)c2)CCC1C. The molecule has 0 aromatic heterocycles. The largest absolute Gasteiger partial charge is 0.409 e. The number of benzene rings is 1. The number of oxime groups is 1. The number of hydrogen-bond acceptors (Lipinski definition) is 4. The molecule has 0 saturated carbocycles. The lowest BCUT2D eigenvalue weighted by Gasteiger charge is -2.36. The van der Waals surface area contributed by atoms with Gasteiger partial charge in [-0.2, -0.15) is 0 Å². The molecule has 0 aliphatic carbocycles. The number of nitrogens with zero attached hydrogens (tertiary/aromatic N) is 2. The zero-order chi connectivity index (χ0) is 15.4. The Morgan fingerprint density at radius 3 is 2.86 bits per heavy atom. The summed E-state index contributed by atoms with van der Waals surface area (Å²) in [5.74, 6) is 0.380. The molecule has 1 aromatic rings. The Hall–Kier alpha value is -2.08. The highest BCUT2D eigenvalue weighted by atomic mass is 16.5. The van der Waals surface area contributed by atoms with E-state index in [2.05, 4.69) is 12.1 Å². The first-order valence-corrected chi connectivity index (χ1v) is 6.96. The van der Waals surface area contributed by atoms with Crippen molar-refractivity contribution in [2.24, 2.45) is 16.8 Å². The number of nitrogens with two attached hydrogens (primary N) is 1. The van der Waals surface area contributed by atoms with Crippen molar-refractivity contribution >= 4 is 11.7 Å². The van der Waals surface area contributed by atoms with E-state index in [4.69, 9.17) is 15.7 Å². The van der Waals surface area contributed by atoms with E-state index in [-0.39, 0.29) is 17.8 Å². The second kappa shape index (κ2) is 6.58. The number of amidine groups is 1. The predicted molar refractivity (Wildman–Crippen MR) is 79.4 cm³/mol. The highest BCUT2D eigenvalue weighted by Crippen LogP contribution is 2.21. The molecule has 2 rings (SSSR count). The molecule has 1 saturated heterocycles. The van der Waals surface area contributed by atoms with Crippen molar-refractivity contribution in [2.75, 3.05) is 20.2 Å². The van der Waals surface area contributed by atoms with Crippen molar-refractivity contribution in [1.29, 1.82) is 0 Å². The summed E-state index contributed by atoms with van der Waals surface area (Å²) < 4.78 is 5.43. The number of methoxy groups -OCH3 is 1. The number of amides is 1. The summed E-state index contributed by atoms with van der Waals surface area (Å²) in [7, 11) is 1.67. The first-order chi connectivity index (χ1) is 10.1. The van der Waals surface area contributed by atoms with E-state index in [9.17, 15) is 4.79 Å². The minimum Gasteiger partial charge on any atom is -0.409 e. The fraction of sp³-hybridized carbons (Fsp3) is 0.467. The van der Waals surface area contributed by atoms with Gasteiger partial charge in [0, 0.05) is 31.3 Å². The van der Waals surface area contributed by atoms with Crippen LogP contribution < -0.4 is 5.73 Å². The van der Waals surface area contributed by atoms with Gasteiger partial charge in [-0.05, 0) is 24.5 Å². The summed E-state index contributed by atoms with van der Waals surface area (Å²) >= 11 is 0. The van der Waals surface area contributed by atoms with E-state index in [1.165, 1.54) is 0 Å². The molecular weight excluding hydrogens is 270 g/mol. The molecule has 2 unspecified atom stereocenters. The van der Waals surface area contributed by atoms with Gasteiger partial charge in [0.1, 0.15) is 0 Å². The van der Waals surface area contributed by atoms with Crippen molar-refractivity contribution < 1.29 is 14.7 Å². The molecule has 1 aliphatic rings. The van der Waals surface area contributed by atoms with Gasteiger partial charge in [0.2, 0.25) is 0 Å². The first kappa shape index (κ1) is 15.3. The van der Waals surface area contributed by atoms with Crippen molar-refractivity contribution in [3.63, 3.8) is 0 Å². The number of likely N-dealkylation sites (tertiary alicyclic amines) is 1. The van der Waals surface area contributed by atoms with Crippen LogP contribution in [0.3, 0.4) is 0 Å². The Bertz CT molecular complexity index is 545. The monoisotopic (exact) mass is 291 g/mol. The fourth-order valence-corrected chi connectivity index (χ4v) is 2.58. The van der Waals surface area contributed by atoms with Crippen molar-refractivity contribution in [2.45, 2.75) is 19.4 Å². The maximum atomic E-state index is 12.6. The zero-order valence-corrected chi connectivity index (χ0v) is 12.3. The van der Waals surface area contributed by atoms with Crippen LogP contribution in [0.15, 0.2) is 29.4 Å². The van der Waals surface area contributed by atoms with E-state index >= 15 is 0 Å². The van der Waals surface area contributed by atoms with E-state index < -0.39 is 0 Å². The fourth-order valence-electron chi connectivity index (χ4n) is 2.58. The van der Waals surface area contributed by atoms with Crippen LogP contribution in [0.25, 0.3) is 0 Å². The molecule has 1 aliphatic heterocycles. The topological polar surface area (TPSA) is 88.2 Å². The quantitative estimate of drug-likeness (QED) is 0.380. The number of hydrogen-bond donors (Lipinski definition) is 2. The second-order valence-corrected chi connectivity index (χ2v) is 5.36. The third-order valence-electron chi connectivity index (χ3n) is 3.99. The number of carbonyl (C=O) groups is 1. The van der Waals surface area contributed by atoms with Crippen molar-refractivity contribution in [1.82, 2.24) is 4.90 Å². The number of carbonyl (C=O) groups excluding carboxylic acids is 1. The molecule has 0 bridgehead atoms. The summed E-state index contributed by atoms with van der Waals surface area (Å²) in [5, 5.41) is 11.7. The van der Waals surface area contributed by atoms with Crippen LogP contribution in [-0.4, -0.2) is 48.2 Å². The van der Waals surface area contributed by atoms with Gasteiger partial charge in [0.05, 0.1) is 6.10 Å². The molecule has 114 valence electrons. The molecular formula is C15H21N3O3. The highest BCUT2D eigenvalue weighted by molar-refractivity contribution is 6.01. The van der Waals surface area contributed by atoms with Crippen LogP contribution in [-0.2, 0) is 4.74 Å². The Morgan fingerprint density at radius 2 is 2.19 bits per heavy atom. The van der Waals surface area contributed by atoms with Crippen LogP contribution in [0.5, 0.6) is 0 Å². The van der Waals surface area contributed by atoms with Crippen molar-refractivity contribution in [3.05, 3.63) is 35.4 Å². The zero-order valence-electron chi connectivity index (χ0n) is 12.3. The van der Waals surface area contributed by atoms with Crippen LogP contribution in [0, 0.1) is 5.92 Å². The van der Waals surface area contributed by atoms with Gasteiger partial charge >= 0.3 is 0 Å². The number of rotatable bonds is 3. The molecule has 6 heteroatoms. The van der Waals surface area contributed by atoms with Gasteiger partial charge in [0.15, 0.2) is 5.84 Å². The van der Waals surface area contributed by atoms with Gasteiger partial charge in [0.25, 0.3) is 5.91 Å². The lowest BCUT2D eigenvalue weighted by Crippen LogP contribution is -2.46. The van der Waals surface area contributed by atoms with E-state index in [1.54, 1.807) is 36.3 Å². The minimum atomic E-state index is -0.0588. The summed E-state index contributed by atoms with van der Waals surface area (Å²) in [4.78, 5) is 14.3. The second-order valence-electron chi connectivity index (χ2n) is 5.36. The van der Waals surface area contributed by atoms with Gasteiger partial charge in [-0.15, -0.1) is 0 Å². The van der Waals surface area contributed by atoms with Gasteiger partial charge in [-0.3, -0.25) is 4.79 Å². The molecule has 2 atom stereocenters. The number of ether oxygens (including phenoxy) is 1. The van der Waals surface area contributed by atoms with Gasteiger partial charge in [-0.1, -0.05) is 24.2 Å². The van der Waals surface area contributed by atoms with E-state index in [0.717, 1.165) is 6.42 Å². The maximum absolute atomic E-state index is 12.6. The summed E-state index contributed by atoms with van der Waals surface area (Å²) in [6, 6.07) is 6.79. The molecule has 0 spiro atoms. The molecule has 3 N–H and O–H groups in total. The standard InChI is InChI=1S/C15H21N3O3/c1-10-6-7-18(9-13(10)21-2)15(19)12-5-3-4-11(8-12)14(16)17-20/h3-5,8,10,13,20H,6-7,9H2,1-2H3,(H2,16,17). The molecule has 1 amide bonds.